The minimum Gasteiger partial charge on any atom is -0.508 e. The summed E-state index contributed by atoms with van der Waals surface area (Å²) in [5.74, 6) is 0.284. The van der Waals surface area contributed by atoms with Crippen LogP contribution in [0.2, 0.25) is 0 Å². The van der Waals surface area contributed by atoms with Crippen LogP contribution in [0.3, 0.4) is 0 Å². The predicted octanol–water partition coefficient (Wildman–Crippen LogP) is 0.340. The summed E-state index contributed by atoms with van der Waals surface area (Å²) in [7, 11) is 0. The number of piperidine rings is 1. The van der Waals surface area contributed by atoms with E-state index in [1.54, 1.807) is 47.0 Å². The minimum absolute atomic E-state index is 0.0373. The van der Waals surface area contributed by atoms with Crippen molar-refractivity contribution in [2.24, 2.45) is 5.73 Å². The van der Waals surface area contributed by atoms with E-state index >= 15 is 0 Å². The zero-order valence-electron chi connectivity index (χ0n) is 20.2. The standard InChI is InChI=1S/C24H32N8O4/c1-23(35)12-24(36-11-17(23)32-13-28-18-19(26)29-22(27)30-20(18)32)6-8-31(9-7-24)21(34)16(25)10-14-2-4-15(33)5-3-14/h2-5,13,16-17,33,35H,6-12,25H2,1H3,(H4,26,27,29,30)/t16-,17-,23-/m0/s1. The van der Waals surface area contributed by atoms with Crippen molar-refractivity contribution in [2.45, 2.75) is 55.9 Å². The van der Waals surface area contributed by atoms with Crippen LogP contribution in [0.5, 0.6) is 5.75 Å². The number of ether oxygens (including phenoxy) is 1. The van der Waals surface area contributed by atoms with Gasteiger partial charge in [0.1, 0.15) is 11.3 Å². The number of aromatic nitrogens is 4. The molecule has 2 saturated heterocycles. The Bertz CT molecular complexity index is 1270. The lowest BCUT2D eigenvalue weighted by Gasteiger charge is -2.51. The SMILES string of the molecule is C[C@]1(O)CC2(CCN(C(=O)[C@@H](N)Cc3ccc(O)cc3)CC2)OC[C@@H]1n1cnc2c(N)nc(N)nc21. The quantitative estimate of drug-likeness (QED) is 0.336. The molecule has 0 unspecified atom stereocenters. The number of anilines is 2. The van der Waals surface area contributed by atoms with E-state index in [9.17, 15) is 15.0 Å². The summed E-state index contributed by atoms with van der Waals surface area (Å²) in [5, 5.41) is 21.0. The number of aromatic hydroxyl groups is 1. The van der Waals surface area contributed by atoms with Crippen molar-refractivity contribution >= 4 is 28.8 Å². The Morgan fingerprint density at radius 2 is 1.92 bits per heavy atom. The van der Waals surface area contributed by atoms with Crippen molar-refractivity contribution in [3.8, 4) is 5.75 Å². The van der Waals surface area contributed by atoms with Gasteiger partial charge in [0.2, 0.25) is 11.9 Å². The summed E-state index contributed by atoms with van der Waals surface area (Å²) >= 11 is 0. The molecule has 12 heteroatoms. The number of aliphatic hydroxyl groups is 1. The molecule has 8 N–H and O–H groups in total. The zero-order valence-corrected chi connectivity index (χ0v) is 20.2. The van der Waals surface area contributed by atoms with E-state index in [1.165, 1.54) is 0 Å². The van der Waals surface area contributed by atoms with E-state index in [0.29, 0.717) is 49.9 Å². The second-order valence-electron chi connectivity index (χ2n) is 10.1. The average molecular weight is 497 g/mol. The number of fused-ring (bicyclic) bond motifs is 1. The Kier molecular flexibility index (Phi) is 5.97. The van der Waals surface area contributed by atoms with Gasteiger partial charge >= 0.3 is 0 Å². The minimum atomic E-state index is -1.12. The van der Waals surface area contributed by atoms with E-state index in [2.05, 4.69) is 15.0 Å². The molecule has 2 fully saturated rings. The third-order valence-corrected chi connectivity index (χ3v) is 7.44. The van der Waals surface area contributed by atoms with Gasteiger partial charge in [0.05, 0.1) is 36.2 Å². The number of phenolic OH excluding ortho intramolecular Hbond substituents is 1. The van der Waals surface area contributed by atoms with Gasteiger partial charge in [-0.1, -0.05) is 12.1 Å². The van der Waals surface area contributed by atoms with E-state index in [0.717, 1.165) is 5.56 Å². The van der Waals surface area contributed by atoms with E-state index in [-0.39, 0.29) is 30.0 Å². The lowest BCUT2D eigenvalue weighted by Crippen LogP contribution is -2.59. The highest BCUT2D eigenvalue weighted by Crippen LogP contribution is 2.44. The number of carbonyl (C=O) groups is 1. The Morgan fingerprint density at radius 1 is 1.22 bits per heavy atom. The second-order valence-corrected chi connectivity index (χ2v) is 10.1. The van der Waals surface area contributed by atoms with Gasteiger partial charge in [-0.25, -0.2) is 4.98 Å². The molecule has 3 atom stereocenters. The molecule has 192 valence electrons. The van der Waals surface area contributed by atoms with Crippen LogP contribution in [0.25, 0.3) is 11.2 Å². The number of benzene rings is 1. The van der Waals surface area contributed by atoms with E-state index < -0.39 is 23.3 Å². The highest BCUT2D eigenvalue weighted by Gasteiger charge is 2.50. The molecule has 2 aliphatic rings. The van der Waals surface area contributed by atoms with Gasteiger partial charge in [-0.05, 0) is 43.9 Å². The lowest BCUT2D eigenvalue weighted by atomic mass is 9.75. The van der Waals surface area contributed by atoms with Crippen molar-refractivity contribution in [2.75, 3.05) is 31.2 Å². The first-order valence-corrected chi connectivity index (χ1v) is 12.0. The van der Waals surface area contributed by atoms with E-state index in [1.807, 2.05) is 0 Å². The molecular formula is C24H32N8O4. The van der Waals surface area contributed by atoms with Gasteiger partial charge < -0.3 is 41.6 Å². The first kappa shape index (κ1) is 24.2. The first-order chi connectivity index (χ1) is 17.1. The van der Waals surface area contributed by atoms with Crippen LogP contribution in [0.15, 0.2) is 30.6 Å². The number of hydrogen-bond donors (Lipinski definition) is 5. The van der Waals surface area contributed by atoms with Crippen LogP contribution in [-0.2, 0) is 16.0 Å². The molecule has 12 nitrogen and oxygen atoms in total. The number of imidazole rings is 1. The summed E-state index contributed by atoms with van der Waals surface area (Å²) in [6, 6.07) is 5.58. The van der Waals surface area contributed by atoms with Crippen molar-refractivity contribution in [1.82, 2.24) is 24.4 Å². The Morgan fingerprint density at radius 3 is 2.58 bits per heavy atom. The van der Waals surface area contributed by atoms with Gasteiger partial charge in [0.25, 0.3) is 0 Å². The number of amides is 1. The monoisotopic (exact) mass is 496 g/mol. The van der Waals surface area contributed by atoms with Gasteiger partial charge in [-0.15, -0.1) is 0 Å². The average Bonchev–Trinajstić information content (AvgIpc) is 3.24. The molecule has 1 spiro atoms. The molecule has 0 saturated carbocycles. The zero-order chi connectivity index (χ0) is 25.7. The van der Waals surface area contributed by atoms with Crippen molar-refractivity contribution in [1.29, 1.82) is 0 Å². The van der Waals surface area contributed by atoms with Crippen LogP contribution in [0.4, 0.5) is 11.8 Å². The van der Waals surface area contributed by atoms with Crippen LogP contribution in [0, 0.1) is 0 Å². The number of hydrogen-bond acceptors (Lipinski definition) is 10. The highest BCUT2D eigenvalue weighted by molar-refractivity contribution is 5.83. The number of nitrogens with zero attached hydrogens (tertiary/aromatic N) is 5. The fourth-order valence-electron chi connectivity index (χ4n) is 5.48. The van der Waals surface area contributed by atoms with Crippen molar-refractivity contribution < 1.29 is 19.7 Å². The second kappa shape index (κ2) is 8.87. The van der Waals surface area contributed by atoms with E-state index in [4.69, 9.17) is 21.9 Å². The smallest absolute Gasteiger partial charge is 0.239 e. The normalized spacial score (nSPS) is 24.8. The van der Waals surface area contributed by atoms with Gasteiger partial charge in [0.15, 0.2) is 11.5 Å². The molecule has 0 bridgehead atoms. The highest BCUT2D eigenvalue weighted by atomic mass is 16.5. The maximum atomic E-state index is 13.0. The Balaban J connectivity index is 1.24. The van der Waals surface area contributed by atoms with Crippen LogP contribution in [0.1, 0.15) is 37.8 Å². The fraction of sp³-hybridized carbons (Fsp3) is 0.500. The molecule has 2 aromatic heterocycles. The van der Waals surface area contributed by atoms with Crippen LogP contribution in [-0.4, -0.2) is 77.5 Å². The largest absolute Gasteiger partial charge is 0.508 e. The number of nitrogens with two attached hydrogens (primary N) is 3. The molecular weight excluding hydrogens is 464 g/mol. The van der Waals surface area contributed by atoms with Crippen molar-refractivity contribution in [3.05, 3.63) is 36.2 Å². The summed E-state index contributed by atoms with van der Waals surface area (Å²) < 4.78 is 8.12. The molecule has 3 aromatic rings. The summed E-state index contributed by atoms with van der Waals surface area (Å²) in [6.45, 7) is 3.03. The van der Waals surface area contributed by atoms with Gasteiger partial charge in [-0.3, -0.25) is 4.79 Å². The summed E-state index contributed by atoms with van der Waals surface area (Å²) in [6.07, 6.45) is 3.56. The lowest BCUT2D eigenvalue weighted by molar-refractivity contribution is -0.197. The molecule has 5 rings (SSSR count). The topological polar surface area (TPSA) is 192 Å². The predicted molar refractivity (Wildman–Crippen MR) is 133 cm³/mol. The fourth-order valence-corrected chi connectivity index (χ4v) is 5.48. The maximum absolute atomic E-state index is 13.0. The van der Waals surface area contributed by atoms with Crippen LogP contribution >= 0.6 is 0 Å². The van der Waals surface area contributed by atoms with Gasteiger partial charge in [-0.2, -0.15) is 9.97 Å². The van der Waals surface area contributed by atoms with Gasteiger partial charge in [0, 0.05) is 19.5 Å². The Labute approximate surface area is 208 Å². The van der Waals surface area contributed by atoms with Crippen molar-refractivity contribution in [3.63, 3.8) is 0 Å². The number of rotatable bonds is 4. The summed E-state index contributed by atoms with van der Waals surface area (Å²) in [4.78, 5) is 27.3. The third-order valence-electron chi connectivity index (χ3n) is 7.44. The number of carbonyl (C=O) groups excluding carboxylic acids is 1. The molecule has 1 amide bonds. The number of phenols is 1. The number of likely N-dealkylation sites (tertiary alicyclic amines) is 1. The first-order valence-electron chi connectivity index (χ1n) is 12.0. The molecule has 2 aliphatic heterocycles. The third kappa shape index (κ3) is 4.43. The van der Waals surface area contributed by atoms with Crippen LogP contribution < -0.4 is 17.2 Å². The maximum Gasteiger partial charge on any atom is 0.239 e. The molecule has 36 heavy (non-hydrogen) atoms. The molecule has 0 radical (unpaired) electrons. The summed E-state index contributed by atoms with van der Waals surface area (Å²) in [5.41, 5.74) is 18.0. The number of nitrogen functional groups attached to an aromatic ring is 2. The Hall–Kier alpha value is -3.48. The molecule has 1 aromatic carbocycles. The molecule has 4 heterocycles. The molecule has 0 aliphatic carbocycles.